The Morgan fingerprint density at radius 2 is 1.87 bits per heavy atom. The van der Waals surface area contributed by atoms with Gasteiger partial charge in [0.25, 0.3) is 0 Å². The summed E-state index contributed by atoms with van der Waals surface area (Å²) in [6.07, 6.45) is 6.26. The van der Waals surface area contributed by atoms with Crippen molar-refractivity contribution in [3.05, 3.63) is 18.0 Å². The van der Waals surface area contributed by atoms with Gasteiger partial charge in [0, 0.05) is 18.4 Å². The lowest BCUT2D eigenvalue weighted by molar-refractivity contribution is 0.434. The Morgan fingerprint density at radius 3 is 2.40 bits per heavy atom. The predicted molar refractivity (Wildman–Crippen MR) is 61.7 cm³/mol. The average Bonchev–Trinajstić information content (AvgIpc) is 2.53. The van der Waals surface area contributed by atoms with Crippen LogP contribution in [0.3, 0.4) is 0 Å². The zero-order chi connectivity index (χ0) is 10.8. The topological polar surface area (TPSA) is 37.8 Å². The van der Waals surface area contributed by atoms with E-state index >= 15 is 0 Å². The molecule has 1 saturated carbocycles. The summed E-state index contributed by atoms with van der Waals surface area (Å²) in [7, 11) is 0. The smallest absolute Gasteiger partial charge is 0.222 e. The summed E-state index contributed by atoms with van der Waals surface area (Å²) in [4.78, 5) is 8.56. The highest BCUT2D eigenvalue weighted by molar-refractivity contribution is 5.27. The summed E-state index contributed by atoms with van der Waals surface area (Å²) in [5.74, 6) is 2.30. The maximum atomic E-state index is 4.28. The first-order chi connectivity index (χ1) is 7.16. The minimum Gasteiger partial charge on any atom is -0.351 e. The van der Waals surface area contributed by atoms with Gasteiger partial charge in [-0.25, -0.2) is 9.97 Å². The maximum Gasteiger partial charge on any atom is 0.222 e. The van der Waals surface area contributed by atoms with Crippen LogP contribution >= 0.6 is 0 Å². The molecule has 3 heteroatoms. The quantitative estimate of drug-likeness (QED) is 0.806. The molecule has 82 valence electrons. The second kappa shape index (κ2) is 4.17. The number of nitrogens with zero attached hydrogens (tertiary/aromatic N) is 2. The van der Waals surface area contributed by atoms with E-state index in [0.717, 1.165) is 23.3 Å². The van der Waals surface area contributed by atoms with E-state index in [4.69, 9.17) is 0 Å². The fraction of sp³-hybridized carbons (Fsp3) is 0.667. The standard InChI is InChI=1S/C12H19N3/c1-8-6-13-12(14-7-8)15-11-5-4-9(2)10(11)3/h6-7,9-11H,4-5H2,1-3H3,(H,13,14,15). The third-order valence-electron chi connectivity index (χ3n) is 3.56. The van der Waals surface area contributed by atoms with E-state index in [1.165, 1.54) is 12.8 Å². The molecule has 0 aliphatic heterocycles. The van der Waals surface area contributed by atoms with Gasteiger partial charge in [-0.2, -0.15) is 0 Å². The van der Waals surface area contributed by atoms with Crippen LogP contribution in [0, 0.1) is 18.8 Å². The van der Waals surface area contributed by atoms with Gasteiger partial charge in [0.05, 0.1) is 0 Å². The Bertz CT molecular complexity index is 320. The lowest BCUT2D eigenvalue weighted by Crippen LogP contribution is -2.25. The average molecular weight is 205 g/mol. The summed E-state index contributed by atoms with van der Waals surface area (Å²) in [6.45, 7) is 6.63. The molecule has 0 amide bonds. The first-order valence-electron chi connectivity index (χ1n) is 5.72. The van der Waals surface area contributed by atoms with Crippen molar-refractivity contribution in [2.24, 2.45) is 11.8 Å². The summed E-state index contributed by atoms with van der Waals surface area (Å²) in [5, 5.41) is 3.43. The molecule has 15 heavy (non-hydrogen) atoms. The highest BCUT2D eigenvalue weighted by atomic mass is 15.1. The molecular formula is C12H19N3. The van der Waals surface area contributed by atoms with Crippen LogP contribution in [0.4, 0.5) is 5.95 Å². The number of aryl methyl sites for hydroxylation is 1. The monoisotopic (exact) mass is 205 g/mol. The molecule has 1 fully saturated rings. The van der Waals surface area contributed by atoms with E-state index in [9.17, 15) is 0 Å². The SMILES string of the molecule is Cc1cnc(NC2CCC(C)C2C)nc1. The second-order valence-corrected chi connectivity index (χ2v) is 4.75. The van der Waals surface area contributed by atoms with Crippen LogP contribution in [0.25, 0.3) is 0 Å². The minimum absolute atomic E-state index is 0.544. The molecule has 3 unspecified atom stereocenters. The van der Waals surface area contributed by atoms with Crippen LogP contribution in [0.5, 0.6) is 0 Å². The number of rotatable bonds is 2. The van der Waals surface area contributed by atoms with Crippen LogP contribution in [0.15, 0.2) is 12.4 Å². The van der Waals surface area contributed by atoms with Gasteiger partial charge in [-0.05, 0) is 37.2 Å². The van der Waals surface area contributed by atoms with E-state index < -0.39 is 0 Å². The van der Waals surface area contributed by atoms with E-state index in [1.54, 1.807) is 0 Å². The molecule has 0 saturated heterocycles. The lowest BCUT2D eigenvalue weighted by atomic mass is 9.98. The number of hydrogen-bond acceptors (Lipinski definition) is 3. The van der Waals surface area contributed by atoms with Crippen molar-refractivity contribution in [3.8, 4) is 0 Å². The van der Waals surface area contributed by atoms with Gasteiger partial charge in [-0.15, -0.1) is 0 Å². The minimum atomic E-state index is 0.544. The van der Waals surface area contributed by atoms with Gasteiger partial charge in [0.15, 0.2) is 0 Å². The predicted octanol–water partition coefficient (Wildman–Crippen LogP) is 2.63. The van der Waals surface area contributed by atoms with E-state index in [-0.39, 0.29) is 0 Å². The molecule has 2 rings (SSSR count). The molecule has 1 N–H and O–H groups in total. The Morgan fingerprint density at radius 1 is 1.20 bits per heavy atom. The number of nitrogens with one attached hydrogen (secondary N) is 1. The molecule has 3 nitrogen and oxygen atoms in total. The van der Waals surface area contributed by atoms with Crippen LogP contribution in [0.1, 0.15) is 32.3 Å². The molecule has 0 spiro atoms. The summed E-state index contributed by atoms with van der Waals surface area (Å²) < 4.78 is 0. The zero-order valence-corrected chi connectivity index (χ0v) is 9.70. The fourth-order valence-electron chi connectivity index (χ4n) is 2.20. The molecule has 1 aromatic heterocycles. The second-order valence-electron chi connectivity index (χ2n) is 4.75. The number of anilines is 1. The van der Waals surface area contributed by atoms with Crippen LogP contribution in [-0.2, 0) is 0 Å². The van der Waals surface area contributed by atoms with Gasteiger partial charge < -0.3 is 5.32 Å². The van der Waals surface area contributed by atoms with E-state index in [2.05, 4.69) is 29.1 Å². The number of hydrogen-bond donors (Lipinski definition) is 1. The van der Waals surface area contributed by atoms with Crippen molar-refractivity contribution < 1.29 is 0 Å². The summed E-state index contributed by atoms with van der Waals surface area (Å²) >= 11 is 0. The largest absolute Gasteiger partial charge is 0.351 e. The van der Waals surface area contributed by atoms with Crippen LogP contribution in [-0.4, -0.2) is 16.0 Å². The highest BCUT2D eigenvalue weighted by Crippen LogP contribution is 2.32. The van der Waals surface area contributed by atoms with Gasteiger partial charge in [-0.3, -0.25) is 0 Å². The number of aromatic nitrogens is 2. The molecule has 1 aliphatic carbocycles. The van der Waals surface area contributed by atoms with Gasteiger partial charge in [-0.1, -0.05) is 13.8 Å². The summed E-state index contributed by atoms with van der Waals surface area (Å²) in [6, 6.07) is 0.544. The molecule has 3 atom stereocenters. The Balaban J connectivity index is 2.00. The van der Waals surface area contributed by atoms with Gasteiger partial charge in [0.1, 0.15) is 0 Å². The normalized spacial score (nSPS) is 30.5. The third-order valence-corrected chi connectivity index (χ3v) is 3.56. The van der Waals surface area contributed by atoms with E-state index in [0.29, 0.717) is 6.04 Å². The lowest BCUT2D eigenvalue weighted by Gasteiger charge is -2.19. The Labute approximate surface area is 91.3 Å². The molecule has 1 heterocycles. The first kappa shape index (κ1) is 10.4. The van der Waals surface area contributed by atoms with Gasteiger partial charge >= 0.3 is 0 Å². The van der Waals surface area contributed by atoms with Crippen LogP contribution < -0.4 is 5.32 Å². The molecule has 0 aromatic carbocycles. The van der Waals surface area contributed by atoms with Crippen molar-refractivity contribution in [2.45, 2.75) is 39.7 Å². The third kappa shape index (κ3) is 2.28. The molecule has 0 radical (unpaired) electrons. The zero-order valence-electron chi connectivity index (χ0n) is 9.70. The van der Waals surface area contributed by atoms with Crippen molar-refractivity contribution in [1.29, 1.82) is 0 Å². The first-order valence-corrected chi connectivity index (χ1v) is 5.72. The Hall–Kier alpha value is -1.12. The van der Waals surface area contributed by atoms with E-state index in [1.807, 2.05) is 19.3 Å². The molecule has 1 aliphatic rings. The summed E-state index contributed by atoms with van der Waals surface area (Å²) in [5.41, 5.74) is 1.10. The van der Waals surface area contributed by atoms with Crippen molar-refractivity contribution in [2.75, 3.05) is 5.32 Å². The fourth-order valence-corrected chi connectivity index (χ4v) is 2.20. The molecule has 0 bridgehead atoms. The van der Waals surface area contributed by atoms with Crippen molar-refractivity contribution in [3.63, 3.8) is 0 Å². The van der Waals surface area contributed by atoms with Crippen LogP contribution in [0.2, 0.25) is 0 Å². The van der Waals surface area contributed by atoms with Gasteiger partial charge in [0.2, 0.25) is 5.95 Å². The van der Waals surface area contributed by atoms with Crippen molar-refractivity contribution in [1.82, 2.24) is 9.97 Å². The molecular weight excluding hydrogens is 186 g/mol. The highest BCUT2D eigenvalue weighted by Gasteiger charge is 2.29. The maximum absolute atomic E-state index is 4.28. The molecule has 1 aromatic rings. The Kier molecular flexibility index (Phi) is 2.89. The van der Waals surface area contributed by atoms with Crippen molar-refractivity contribution >= 4 is 5.95 Å².